The van der Waals surface area contributed by atoms with Gasteiger partial charge in [0, 0.05) is 11.1 Å². The maximum atomic E-state index is 11.4. The van der Waals surface area contributed by atoms with Gasteiger partial charge in [-0.1, -0.05) is 0 Å². The third kappa shape index (κ3) is 1.83. The van der Waals surface area contributed by atoms with Crippen molar-refractivity contribution in [2.24, 2.45) is 9.98 Å². The molecule has 0 saturated carbocycles. The van der Waals surface area contributed by atoms with Gasteiger partial charge in [-0.3, -0.25) is 14.4 Å². The summed E-state index contributed by atoms with van der Waals surface area (Å²) in [6.45, 7) is 0.0701. The minimum Gasteiger partial charge on any atom is -0.494 e. The first kappa shape index (κ1) is 13.1. The van der Waals surface area contributed by atoms with Crippen LogP contribution in [0.1, 0.15) is 24.0 Å². The van der Waals surface area contributed by atoms with Crippen molar-refractivity contribution < 1.29 is 15.0 Å². The van der Waals surface area contributed by atoms with E-state index < -0.39 is 0 Å². The maximum Gasteiger partial charge on any atom is 0.267 e. The Hall–Kier alpha value is -2.63. The number of hydrogen-bond acceptors (Lipinski definition) is 4. The number of carbonyl (C=O) groups excluding carboxylic acids is 1. The quantitative estimate of drug-likeness (QED) is 0.805. The highest BCUT2D eigenvalue weighted by atomic mass is 16.3. The van der Waals surface area contributed by atoms with Crippen LogP contribution in [0.5, 0.6) is 11.8 Å². The molecule has 0 radical (unpaired) electrons. The third-order valence-electron chi connectivity index (χ3n) is 4.28. The Morgan fingerprint density at radius 3 is 2.36 bits per heavy atom. The molecule has 6 heteroatoms. The van der Waals surface area contributed by atoms with Crippen molar-refractivity contribution >= 4 is 5.91 Å². The van der Waals surface area contributed by atoms with E-state index in [0.29, 0.717) is 16.4 Å². The number of nitrogens with zero attached hydrogens (tertiary/aromatic N) is 3. The number of aromatic hydroxyl groups is 2. The molecule has 22 heavy (non-hydrogen) atoms. The van der Waals surface area contributed by atoms with Crippen LogP contribution < -0.4 is 10.7 Å². The van der Waals surface area contributed by atoms with E-state index >= 15 is 0 Å². The fourth-order valence-electron chi connectivity index (χ4n) is 3.21. The molecule has 0 unspecified atom stereocenters. The summed E-state index contributed by atoms with van der Waals surface area (Å²) in [5.41, 5.74) is 2.22. The standard InChI is InChI=1S/C16H15N3O3/c20-14-8-17-12-6-5-9(7-13(12)18-14)19-15(21)10-3-1-2-4-11(10)16(19)22/h5-7,21-22H,1-4,8H2. The van der Waals surface area contributed by atoms with E-state index in [4.69, 9.17) is 0 Å². The second-order valence-electron chi connectivity index (χ2n) is 5.64. The Morgan fingerprint density at radius 2 is 1.68 bits per heavy atom. The molecule has 6 nitrogen and oxygen atoms in total. The summed E-state index contributed by atoms with van der Waals surface area (Å²) in [6.07, 6.45) is 3.56. The van der Waals surface area contributed by atoms with E-state index in [2.05, 4.69) is 9.98 Å². The predicted molar refractivity (Wildman–Crippen MR) is 77.9 cm³/mol. The molecule has 0 saturated heterocycles. The summed E-state index contributed by atoms with van der Waals surface area (Å²) in [5.74, 6) is -0.137. The number of benzene rings is 1. The SMILES string of the molecule is O=C1CN=c2ccc(-n3c(O)c4c(c3O)CCCC4)cc2=N1. The van der Waals surface area contributed by atoms with E-state index in [-0.39, 0.29) is 24.2 Å². The van der Waals surface area contributed by atoms with Crippen molar-refractivity contribution in [1.29, 1.82) is 0 Å². The lowest BCUT2D eigenvalue weighted by atomic mass is 9.95. The number of aromatic nitrogens is 1. The van der Waals surface area contributed by atoms with Crippen LogP contribution in [0.25, 0.3) is 5.69 Å². The van der Waals surface area contributed by atoms with Gasteiger partial charge in [0.2, 0.25) is 11.8 Å². The average Bonchev–Trinajstić information content (AvgIpc) is 2.79. The van der Waals surface area contributed by atoms with Crippen LogP contribution in [-0.2, 0) is 17.6 Å². The topological polar surface area (TPSA) is 87.2 Å². The van der Waals surface area contributed by atoms with Crippen molar-refractivity contribution in [3.63, 3.8) is 0 Å². The van der Waals surface area contributed by atoms with Crippen molar-refractivity contribution in [2.45, 2.75) is 25.7 Å². The number of rotatable bonds is 1. The lowest BCUT2D eigenvalue weighted by Gasteiger charge is -2.09. The number of carbonyl (C=O) groups is 1. The summed E-state index contributed by atoms with van der Waals surface area (Å²) in [6, 6.07) is 5.18. The highest BCUT2D eigenvalue weighted by molar-refractivity contribution is 5.79. The van der Waals surface area contributed by atoms with Gasteiger partial charge < -0.3 is 10.2 Å². The number of amides is 1. The van der Waals surface area contributed by atoms with E-state index in [1.165, 1.54) is 4.57 Å². The normalized spacial score (nSPS) is 16.5. The average molecular weight is 297 g/mol. The maximum absolute atomic E-state index is 11.4. The van der Waals surface area contributed by atoms with Crippen LogP contribution >= 0.6 is 0 Å². The number of fused-ring (bicyclic) bond motifs is 2. The van der Waals surface area contributed by atoms with E-state index in [9.17, 15) is 15.0 Å². The third-order valence-corrected chi connectivity index (χ3v) is 4.28. The van der Waals surface area contributed by atoms with E-state index in [1.807, 2.05) is 0 Å². The highest BCUT2D eigenvalue weighted by Crippen LogP contribution is 2.40. The molecule has 2 heterocycles. The molecule has 0 fully saturated rings. The van der Waals surface area contributed by atoms with Gasteiger partial charge >= 0.3 is 0 Å². The van der Waals surface area contributed by atoms with Crippen LogP contribution in [0.2, 0.25) is 0 Å². The van der Waals surface area contributed by atoms with Gasteiger partial charge in [-0.15, -0.1) is 0 Å². The molecule has 1 aliphatic heterocycles. The molecule has 0 bridgehead atoms. The Kier molecular flexibility index (Phi) is 2.79. The van der Waals surface area contributed by atoms with Crippen LogP contribution in [0.15, 0.2) is 28.2 Å². The minimum absolute atomic E-state index is 0.0701. The van der Waals surface area contributed by atoms with Crippen molar-refractivity contribution in [3.8, 4) is 17.4 Å². The summed E-state index contributed by atoms with van der Waals surface area (Å²) in [4.78, 5) is 19.5. The first-order chi connectivity index (χ1) is 10.6. The second-order valence-corrected chi connectivity index (χ2v) is 5.64. The molecular formula is C16H15N3O3. The molecular weight excluding hydrogens is 282 g/mol. The van der Waals surface area contributed by atoms with Gasteiger partial charge in [0.25, 0.3) is 5.91 Å². The Balaban J connectivity index is 1.94. The number of hydrogen-bond donors (Lipinski definition) is 2. The van der Waals surface area contributed by atoms with Crippen LogP contribution in [0.3, 0.4) is 0 Å². The monoisotopic (exact) mass is 297 g/mol. The Morgan fingerprint density at radius 1 is 1.00 bits per heavy atom. The van der Waals surface area contributed by atoms with Gasteiger partial charge in [-0.05, 0) is 43.9 Å². The van der Waals surface area contributed by atoms with Crippen LogP contribution in [-0.4, -0.2) is 27.2 Å². The van der Waals surface area contributed by atoms with Crippen molar-refractivity contribution in [3.05, 3.63) is 40.0 Å². The molecule has 0 spiro atoms. The first-order valence-corrected chi connectivity index (χ1v) is 7.36. The van der Waals surface area contributed by atoms with Gasteiger partial charge in [0.05, 0.1) is 16.4 Å². The molecule has 112 valence electrons. The molecule has 2 N–H and O–H groups in total. The second kappa shape index (κ2) is 4.69. The zero-order valence-corrected chi connectivity index (χ0v) is 11.9. The van der Waals surface area contributed by atoms with Crippen molar-refractivity contribution in [2.75, 3.05) is 6.54 Å². The van der Waals surface area contributed by atoms with E-state index in [0.717, 1.165) is 36.8 Å². The summed E-state index contributed by atoms with van der Waals surface area (Å²) >= 11 is 0. The van der Waals surface area contributed by atoms with Gasteiger partial charge in [-0.25, -0.2) is 4.99 Å². The lowest BCUT2D eigenvalue weighted by molar-refractivity contribution is -0.116. The Bertz CT molecular complexity index is 882. The molecule has 1 aromatic carbocycles. The Labute approximate surface area is 126 Å². The summed E-state index contributed by atoms with van der Waals surface area (Å²) in [5, 5.41) is 22.0. The van der Waals surface area contributed by atoms with Gasteiger partial charge in [-0.2, -0.15) is 0 Å². The molecule has 1 amide bonds. The molecule has 1 aliphatic carbocycles. The largest absolute Gasteiger partial charge is 0.494 e. The molecule has 2 aliphatic rings. The fraction of sp³-hybridized carbons (Fsp3) is 0.312. The molecule has 4 rings (SSSR count). The van der Waals surface area contributed by atoms with E-state index in [1.54, 1.807) is 18.2 Å². The highest BCUT2D eigenvalue weighted by Gasteiger charge is 2.25. The summed E-state index contributed by atoms with van der Waals surface area (Å²) < 4.78 is 1.42. The van der Waals surface area contributed by atoms with Gasteiger partial charge in [0.15, 0.2) is 0 Å². The van der Waals surface area contributed by atoms with Crippen LogP contribution in [0, 0.1) is 0 Å². The predicted octanol–water partition coefficient (Wildman–Crippen LogP) is 0.547. The van der Waals surface area contributed by atoms with Gasteiger partial charge in [0.1, 0.15) is 6.54 Å². The minimum atomic E-state index is -0.287. The van der Waals surface area contributed by atoms with Crippen LogP contribution in [0.4, 0.5) is 0 Å². The smallest absolute Gasteiger partial charge is 0.267 e. The molecule has 1 aromatic heterocycles. The van der Waals surface area contributed by atoms with Crippen molar-refractivity contribution in [1.82, 2.24) is 4.57 Å². The zero-order valence-electron chi connectivity index (χ0n) is 11.9. The molecule has 0 atom stereocenters. The lowest BCUT2D eigenvalue weighted by Crippen LogP contribution is -2.32. The fourth-order valence-corrected chi connectivity index (χ4v) is 3.21. The zero-order chi connectivity index (χ0) is 15.3. The first-order valence-electron chi connectivity index (χ1n) is 7.36. The molecule has 2 aromatic rings. The summed E-state index contributed by atoms with van der Waals surface area (Å²) in [7, 11) is 0.